The molecule has 6 heteroatoms. The molecule has 2 aromatic rings. The third-order valence-electron chi connectivity index (χ3n) is 2.63. The number of nitrogens with two attached hydrogens (primary N) is 1. The molecular formula is C14H15FN2O2S. The Morgan fingerprint density at radius 3 is 2.90 bits per heavy atom. The number of anilines is 1. The lowest BCUT2D eigenvalue weighted by atomic mass is 10.2. The number of rotatable bonds is 5. The van der Waals surface area contributed by atoms with Gasteiger partial charge in [0.15, 0.2) is 11.6 Å². The van der Waals surface area contributed by atoms with Crippen molar-refractivity contribution in [3.63, 3.8) is 0 Å². The molecule has 1 aromatic carbocycles. The summed E-state index contributed by atoms with van der Waals surface area (Å²) in [7, 11) is 0. The summed E-state index contributed by atoms with van der Waals surface area (Å²) in [5.74, 6) is -0.738. The van der Waals surface area contributed by atoms with Crippen LogP contribution in [0.3, 0.4) is 0 Å². The SMILES string of the molecule is CCOc1ccc(NC(=O)C(N)c2cccs2)cc1F. The Morgan fingerprint density at radius 2 is 2.30 bits per heavy atom. The highest BCUT2D eigenvalue weighted by Gasteiger charge is 2.17. The molecule has 1 atom stereocenters. The second-order valence-corrected chi connectivity index (χ2v) is 5.04. The summed E-state index contributed by atoms with van der Waals surface area (Å²) in [5.41, 5.74) is 6.18. The van der Waals surface area contributed by atoms with Crippen LogP contribution in [0.25, 0.3) is 0 Å². The van der Waals surface area contributed by atoms with E-state index in [2.05, 4.69) is 5.32 Å². The highest BCUT2D eigenvalue weighted by molar-refractivity contribution is 7.10. The van der Waals surface area contributed by atoms with Gasteiger partial charge in [-0.1, -0.05) is 6.07 Å². The van der Waals surface area contributed by atoms with Gasteiger partial charge in [-0.05, 0) is 30.5 Å². The van der Waals surface area contributed by atoms with Gasteiger partial charge in [-0.25, -0.2) is 4.39 Å². The molecule has 4 nitrogen and oxygen atoms in total. The average Bonchev–Trinajstić information content (AvgIpc) is 2.95. The van der Waals surface area contributed by atoms with E-state index in [0.29, 0.717) is 12.3 Å². The first-order valence-corrected chi connectivity index (χ1v) is 7.02. The molecule has 1 unspecified atom stereocenters. The minimum Gasteiger partial charge on any atom is -0.491 e. The summed E-state index contributed by atoms with van der Waals surface area (Å²) in [6.45, 7) is 2.15. The van der Waals surface area contributed by atoms with Gasteiger partial charge in [0.2, 0.25) is 5.91 Å². The molecule has 2 rings (SSSR count). The van der Waals surface area contributed by atoms with E-state index in [1.807, 2.05) is 11.4 Å². The van der Waals surface area contributed by atoms with E-state index in [0.717, 1.165) is 4.88 Å². The average molecular weight is 294 g/mol. The van der Waals surface area contributed by atoms with Gasteiger partial charge in [0.25, 0.3) is 0 Å². The predicted octanol–water partition coefficient (Wildman–Crippen LogP) is 2.92. The number of thiophene rings is 1. The van der Waals surface area contributed by atoms with Crippen LogP contribution in [0.2, 0.25) is 0 Å². The van der Waals surface area contributed by atoms with Gasteiger partial charge in [0.1, 0.15) is 6.04 Å². The molecule has 0 fully saturated rings. The van der Waals surface area contributed by atoms with Crippen molar-refractivity contribution in [3.05, 3.63) is 46.4 Å². The minimum atomic E-state index is -0.760. The fourth-order valence-corrected chi connectivity index (χ4v) is 2.39. The molecule has 0 aliphatic rings. The summed E-state index contributed by atoms with van der Waals surface area (Å²) in [5, 5.41) is 4.43. The van der Waals surface area contributed by atoms with Gasteiger partial charge in [-0.3, -0.25) is 4.79 Å². The molecule has 0 saturated heterocycles. The van der Waals surface area contributed by atoms with E-state index in [-0.39, 0.29) is 11.7 Å². The Morgan fingerprint density at radius 1 is 1.50 bits per heavy atom. The maximum absolute atomic E-state index is 13.7. The maximum Gasteiger partial charge on any atom is 0.246 e. The normalized spacial score (nSPS) is 11.9. The molecule has 3 N–H and O–H groups in total. The minimum absolute atomic E-state index is 0.160. The van der Waals surface area contributed by atoms with Crippen LogP contribution in [-0.2, 0) is 4.79 Å². The second kappa shape index (κ2) is 6.49. The summed E-state index contributed by atoms with van der Waals surface area (Å²) in [4.78, 5) is 12.7. The van der Waals surface area contributed by atoms with Crippen LogP contribution in [0, 0.1) is 5.82 Å². The van der Waals surface area contributed by atoms with Crippen molar-refractivity contribution in [1.82, 2.24) is 0 Å². The van der Waals surface area contributed by atoms with Gasteiger partial charge < -0.3 is 15.8 Å². The highest BCUT2D eigenvalue weighted by atomic mass is 32.1. The predicted molar refractivity (Wildman–Crippen MR) is 77.4 cm³/mol. The standard InChI is InChI=1S/C14H15FN2O2S/c1-2-19-11-6-5-9(8-10(11)15)17-14(18)13(16)12-4-3-7-20-12/h3-8,13H,2,16H2,1H3,(H,17,18). The Labute approximate surface area is 120 Å². The summed E-state index contributed by atoms with van der Waals surface area (Å²) >= 11 is 1.40. The highest BCUT2D eigenvalue weighted by Crippen LogP contribution is 2.23. The van der Waals surface area contributed by atoms with Crippen LogP contribution in [0.5, 0.6) is 5.75 Å². The fourth-order valence-electron chi connectivity index (χ4n) is 1.67. The number of carbonyl (C=O) groups excluding carboxylic acids is 1. The molecule has 20 heavy (non-hydrogen) atoms. The van der Waals surface area contributed by atoms with Gasteiger partial charge in [-0.15, -0.1) is 11.3 Å². The zero-order valence-electron chi connectivity index (χ0n) is 10.9. The van der Waals surface area contributed by atoms with Crippen molar-refractivity contribution < 1.29 is 13.9 Å². The topological polar surface area (TPSA) is 64.3 Å². The van der Waals surface area contributed by atoms with Gasteiger partial charge in [-0.2, -0.15) is 0 Å². The Bertz CT molecular complexity index is 587. The number of amides is 1. The molecule has 0 aliphatic heterocycles. The number of benzene rings is 1. The van der Waals surface area contributed by atoms with E-state index >= 15 is 0 Å². The zero-order chi connectivity index (χ0) is 14.5. The quantitative estimate of drug-likeness (QED) is 0.891. The largest absolute Gasteiger partial charge is 0.491 e. The number of carbonyl (C=O) groups is 1. The third kappa shape index (κ3) is 3.34. The van der Waals surface area contributed by atoms with Crippen LogP contribution in [0.4, 0.5) is 10.1 Å². The number of halogens is 1. The second-order valence-electron chi connectivity index (χ2n) is 4.06. The van der Waals surface area contributed by atoms with E-state index in [4.69, 9.17) is 10.5 Å². The smallest absolute Gasteiger partial charge is 0.246 e. The van der Waals surface area contributed by atoms with Crippen LogP contribution in [-0.4, -0.2) is 12.5 Å². The number of hydrogen-bond acceptors (Lipinski definition) is 4. The lowest BCUT2D eigenvalue weighted by Gasteiger charge is -2.12. The third-order valence-corrected chi connectivity index (χ3v) is 3.59. The number of hydrogen-bond donors (Lipinski definition) is 2. The zero-order valence-corrected chi connectivity index (χ0v) is 11.7. The molecule has 0 saturated carbocycles. The Hall–Kier alpha value is -1.92. The van der Waals surface area contributed by atoms with Gasteiger partial charge in [0, 0.05) is 16.6 Å². The molecule has 0 spiro atoms. The summed E-state index contributed by atoms with van der Waals surface area (Å²) in [6, 6.07) is 7.12. The fraction of sp³-hybridized carbons (Fsp3) is 0.214. The Kier molecular flexibility index (Phi) is 4.70. The van der Waals surface area contributed by atoms with E-state index in [1.54, 1.807) is 19.1 Å². The van der Waals surface area contributed by atoms with Crippen LogP contribution >= 0.6 is 11.3 Å². The number of nitrogens with one attached hydrogen (secondary N) is 1. The summed E-state index contributed by atoms with van der Waals surface area (Å²) in [6.07, 6.45) is 0. The molecule has 0 bridgehead atoms. The molecule has 106 valence electrons. The molecule has 1 aromatic heterocycles. The Balaban J connectivity index is 2.06. The van der Waals surface area contributed by atoms with Crippen molar-refractivity contribution in [2.24, 2.45) is 5.73 Å². The lowest BCUT2D eigenvalue weighted by molar-refractivity contribution is -0.117. The van der Waals surface area contributed by atoms with Gasteiger partial charge in [0.05, 0.1) is 6.61 Å². The molecule has 1 amide bonds. The first kappa shape index (κ1) is 14.5. The monoisotopic (exact) mass is 294 g/mol. The van der Waals surface area contributed by atoms with Crippen molar-refractivity contribution in [3.8, 4) is 5.75 Å². The van der Waals surface area contributed by atoms with Crippen molar-refractivity contribution in [1.29, 1.82) is 0 Å². The number of ether oxygens (including phenoxy) is 1. The first-order valence-electron chi connectivity index (χ1n) is 6.14. The lowest BCUT2D eigenvalue weighted by Crippen LogP contribution is -2.27. The van der Waals surface area contributed by atoms with E-state index in [9.17, 15) is 9.18 Å². The van der Waals surface area contributed by atoms with Crippen LogP contribution < -0.4 is 15.8 Å². The van der Waals surface area contributed by atoms with Crippen molar-refractivity contribution in [2.45, 2.75) is 13.0 Å². The molecule has 1 heterocycles. The van der Waals surface area contributed by atoms with Crippen LogP contribution in [0.15, 0.2) is 35.7 Å². The maximum atomic E-state index is 13.7. The van der Waals surface area contributed by atoms with E-state index < -0.39 is 11.9 Å². The first-order chi connectivity index (χ1) is 9.61. The van der Waals surface area contributed by atoms with Crippen molar-refractivity contribution in [2.75, 3.05) is 11.9 Å². The van der Waals surface area contributed by atoms with Gasteiger partial charge >= 0.3 is 0 Å². The molecule has 0 radical (unpaired) electrons. The van der Waals surface area contributed by atoms with Crippen LogP contribution in [0.1, 0.15) is 17.8 Å². The molecular weight excluding hydrogens is 279 g/mol. The molecule has 0 aliphatic carbocycles. The van der Waals surface area contributed by atoms with Crippen molar-refractivity contribution >= 4 is 22.9 Å². The summed E-state index contributed by atoms with van der Waals surface area (Å²) < 4.78 is 18.7. The van der Waals surface area contributed by atoms with E-state index in [1.165, 1.54) is 23.5 Å².